The molecule has 0 aliphatic carbocycles. The van der Waals surface area contributed by atoms with Crippen LogP contribution in [0.2, 0.25) is 0 Å². The first-order chi connectivity index (χ1) is 9.20. The number of aryl methyl sites for hydroxylation is 1. The third-order valence-corrected chi connectivity index (χ3v) is 4.41. The number of nitrogens with zero attached hydrogens (tertiary/aromatic N) is 1. The second-order valence-electron chi connectivity index (χ2n) is 4.78. The molecule has 19 heavy (non-hydrogen) atoms. The number of methoxy groups -OCH3 is 1. The molecule has 4 nitrogen and oxygen atoms in total. The van der Waals surface area contributed by atoms with Crippen molar-refractivity contribution in [2.45, 2.75) is 25.7 Å². The minimum atomic E-state index is -0.198. The molecule has 1 saturated heterocycles. The van der Waals surface area contributed by atoms with Crippen LogP contribution < -0.4 is 0 Å². The zero-order chi connectivity index (χ0) is 13.7. The number of piperidine rings is 1. The molecule has 1 amide bonds. The molecule has 0 N–H and O–H groups in total. The van der Waals surface area contributed by atoms with Crippen LogP contribution in [-0.2, 0) is 20.7 Å². The predicted octanol–water partition coefficient (Wildman–Crippen LogP) is 2.09. The van der Waals surface area contributed by atoms with Gasteiger partial charge in [-0.05, 0) is 30.7 Å². The predicted molar refractivity (Wildman–Crippen MR) is 74.0 cm³/mol. The van der Waals surface area contributed by atoms with Crippen LogP contribution in [0.4, 0.5) is 0 Å². The Morgan fingerprint density at radius 3 is 3.05 bits per heavy atom. The van der Waals surface area contributed by atoms with Crippen molar-refractivity contribution in [2.75, 3.05) is 20.2 Å². The molecule has 104 valence electrons. The summed E-state index contributed by atoms with van der Waals surface area (Å²) >= 11 is 1.68. The zero-order valence-corrected chi connectivity index (χ0v) is 11.9. The fraction of sp³-hybridized carbons (Fsp3) is 0.571. The Kier molecular flexibility index (Phi) is 4.96. The van der Waals surface area contributed by atoms with Gasteiger partial charge in [-0.2, -0.15) is 0 Å². The number of esters is 1. The number of carbonyl (C=O) groups is 2. The molecule has 0 aromatic carbocycles. The van der Waals surface area contributed by atoms with E-state index in [9.17, 15) is 9.59 Å². The van der Waals surface area contributed by atoms with Crippen LogP contribution in [0.3, 0.4) is 0 Å². The number of likely N-dealkylation sites (tertiary alicyclic amines) is 1. The van der Waals surface area contributed by atoms with Crippen LogP contribution >= 0.6 is 11.3 Å². The maximum absolute atomic E-state index is 12.1. The first kappa shape index (κ1) is 14.1. The lowest BCUT2D eigenvalue weighted by molar-refractivity contribution is -0.149. The largest absolute Gasteiger partial charge is 0.469 e. The number of carbonyl (C=O) groups excluding carboxylic acids is 2. The summed E-state index contributed by atoms with van der Waals surface area (Å²) in [7, 11) is 1.40. The van der Waals surface area contributed by atoms with E-state index in [-0.39, 0.29) is 17.8 Å². The summed E-state index contributed by atoms with van der Waals surface area (Å²) in [5.74, 6) is -0.206. The van der Waals surface area contributed by atoms with Gasteiger partial charge < -0.3 is 9.64 Å². The molecule has 0 unspecified atom stereocenters. The highest BCUT2D eigenvalue weighted by molar-refractivity contribution is 7.09. The molecule has 0 radical (unpaired) electrons. The molecule has 2 rings (SSSR count). The van der Waals surface area contributed by atoms with Crippen molar-refractivity contribution in [2.24, 2.45) is 5.92 Å². The van der Waals surface area contributed by atoms with E-state index in [0.717, 1.165) is 25.8 Å². The van der Waals surface area contributed by atoms with E-state index >= 15 is 0 Å². The fourth-order valence-corrected chi connectivity index (χ4v) is 3.11. The van der Waals surface area contributed by atoms with Gasteiger partial charge in [-0.3, -0.25) is 9.59 Å². The van der Waals surface area contributed by atoms with Gasteiger partial charge in [0.25, 0.3) is 0 Å². The van der Waals surface area contributed by atoms with E-state index in [1.54, 1.807) is 16.2 Å². The van der Waals surface area contributed by atoms with Crippen molar-refractivity contribution in [3.63, 3.8) is 0 Å². The van der Waals surface area contributed by atoms with Gasteiger partial charge in [0.15, 0.2) is 0 Å². The van der Waals surface area contributed by atoms with Gasteiger partial charge in [0, 0.05) is 24.4 Å². The first-order valence-corrected chi connectivity index (χ1v) is 7.46. The van der Waals surface area contributed by atoms with Gasteiger partial charge in [-0.1, -0.05) is 6.07 Å². The topological polar surface area (TPSA) is 46.6 Å². The minimum Gasteiger partial charge on any atom is -0.469 e. The number of hydrogen-bond acceptors (Lipinski definition) is 4. The van der Waals surface area contributed by atoms with Crippen molar-refractivity contribution in [1.29, 1.82) is 0 Å². The molecule has 2 heterocycles. The Morgan fingerprint density at radius 1 is 1.53 bits per heavy atom. The average Bonchev–Trinajstić information content (AvgIpc) is 2.97. The van der Waals surface area contributed by atoms with Crippen molar-refractivity contribution in [3.05, 3.63) is 22.4 Å². The van der Waals surface area contributed by atoms with E-state index in [4.69, 9.17) is 4.74 Å². The van der Waals surface area contributed by atoms with Crippen LogP contribution in [-0.4, -0.2) is 37.0 Å². The standard InChI is InChI=1S/C14H19NO3S/c1-18-14(17)11-4-2-8-15(10-11)13(16)7-6-12-5-3-9-19-12/h3,5,9,11H,2,4,6-8,10H2,1H3/t11-/m0/s1. The SMILES string of the molecule is COC(=O)[C@H]1CCCN(C(=O)CCc2cccs2)C1. The van der Waals surface area contributed by atoms with Crippen molar-refractivity contribution in [1.82, 2.24) is 4.90 Å². The van der Waals surface area contributed by atoms with Gasteiger partial charge in [-0.25, -0.2) is 0 Å². The van der Waals surface area contributed by atoms with Crippen LogP contribution in [0.25, 0.3) is 0 Å². The van der Waals surface area contributed by atoms with E-state index in [0.29, 0.717) is 13.0 Å². The molecular weight excluding hydrogens is 262 g/mol. The fourth-order valence-electron chi connectivity index (χ4n) is 2.41. The molecule has 1 fully saturated rings. The molecule has 1 aliphatic heterocycles. The number of ether oxygens (including phenoxy) is 1. The first-order valence-electron chi connectivity index (χ1n) is 6.58. The Morgan fingerprint density at radius 2 is 2.37 bits per heavy atom. The van der Waals surface area contributed by atoms with Crippen molar-refractivity contribution < 1.29 is 14.3 Å². The van der Waals surface area contributed by atoms with E-state index in [1.807, 2.05) is 17.5 Å². The lowest BCUT2D eigenvalue weighted by Gasteiger charge is -2.31. The van der Waals surface area contributed by atoms with E-state index in [2.05, 4.69) is 0 Å². The van der Waals surface area contributed by atoms with Crippen molar-refractivity contribution in [3.8, 4) is 0 Å². The normalized spacial score (nSPS) is 19.2. The molecule has 0 bridgehead atoms. The smallest absolute Gasteiger partial charge is 0.310 e. The van der Waals surface area contributed by atoms with Gasteiger partial charge >= 0.3 is 5.97 Å². The number of rotatable bonds is 4. The van der Waals surface area contributed by atoms with E-state index < -0.39 is 0 Å². The summed E-state index contributed by atoms with van der Waals surface area (Å²) in [4.78, 5) is 26.7. The Labute approximate surface area is 117 Å². The second kappa shape index (κ2) is 6.70. The van der Waals surface area contributed by atoms with Crippen LogP contribution in [0.5, 0.6) is 0 Å². The van der Waals surface area contributed by atoms with Crippen molar-refractivity contribution >= 4 is 23.2 Å². The molecule has 1 aliphatic rings. The number of hydrogen-bond donors (Lipinski definition) is 0. The highest BCUT2D eigenvalue weighted by Gasteiger charge is 2.28. The maximum Gasteiger partial charge on any atom is 0.310 e. The third kappa shape index (κ3) is 3.80. The second-order valence-corrected chi connectivity index (χ2v) is 5.81. The zero-order valence-electron chi connectivity index (χ0n) is 11.1. The monoisotopic (exact) mass is 281 g/mol. The van der Waals surface area contributed by atoms with Gasteiger partial charge in [-0.15, -0.1) is 11.3 Å². The van der Waals surface area contributed by atoms with Gasteiger partial charge in [0.2, 0.25) is 5.91 Å². The lowest BCUT2D eigenvalue weighted by Crippen LogP contribution is -2.42. The summed E-state index contributed by atoms with van der Waals surface area (Å²) in [5.41, 5.74) is 0. The third-order valence-electron chi connectivity index (χ3n) is 3.47. The summed E-state index contributed by atoms with van der Waals surface area (Å²) in [6.07, 6.45) is 3.01. The molecule has 1 aromatic rings. The van der Waals surface area contributed by atoms with Gasteiger partial charge in [0.05, 0.1) is 13.0 Å². The van der Waals surface area contributed by atoms with E-state index in [1.165, 1.54) is 12.0 Å². The number of amides is 1. The maximum atomic E-state index is 12.1. The Bertz CT molecular complexity index is 430. The molecular formula is C14H19NO3S. The van der Waals surface area contributed by atoms with Crippen LogP contribution in [0.15, 0.2) is 17.5 Å². The highest BCUT2D eigenvalue weighted by atomic mass is 32.1. The molecule has 5 heteroatoms. The Hall–Kier alpha value is -1.36. The summed E-state index contributed by atoms with van der Waals surface area (Å²) < 4.78 is 4.76. The number of thiophene rings is 1. The quantitative estimate of drug-likeness (QED) is 0.794. The molecule has 1 aromatic heterocycles. The minimum absolute atomic E-state index is 0.141. The van der Waals surface area contributed by atoms with Gasteiger partial charge in [0.1, 0.15) is 0 Å². The summed E-state index contributed by atoms with van der Waals surface area (Å²) in [6, 6.07) is 4.05. The molecule has 1 atom stereocenters. The lowest BCUT2D eigenvalue weighted by atomic mass is 9.98. The summed E-state index contributed by atoms with van der Waals surface area (Å²) in [5, 5.41) is 2.02. The molecule has 0 saturated carbocycles. The van der Waals surface area contributed by atoms with Crippen LogP contribution in [0, 0.1) is 5.92 Å². The Balaban J connectivity index is 1.83. The summed E-state index contributed by atoms with van der Waals surface area (Å²) in [6.45, 7) is 1.27. The van der Waals surface area contributed by atoms with Crippen LogP contribution in [0.1, 0.15) is 24.1 Å². The molecule has 0 spiro atoms. The average molecular weight is 281 g/mol. The highest BCUT2D eigenvalue weighted by Crippen LogP contribution is 2.19.